The number of para-hydroxylation sites is 1. The third kappa shape index (κ3) is 3.49. The Balaban J connectivity index is 1.73. The number of furan rings is 1. The molecule has 0 aliphatic rings. The van der Waals surface area contributed by atoms with E-state index in [1.165, 1.54) is 12.3 Å². The van der Waals surface area contributed by atoms with Crippen molar-refractivity contribution in [3.63, 3.8) is 0 Å². The monoisotopic (exact) mass is 328 g/mol. The lowest BCUT2D eigenvalue weighted by Gasteiger charge is -2.18. The highest BCUT2D eigenvalue weighted by Crippen LogP contribution is 2.21. The summed E-state index contributed by atoms with van der Waals surface area (Å²) in [5.74, 6) is 1.35. The van der Waals surface area contributed by atoms with Crippen LogP contribution in [-0.4, -0.2) is 26.5 Å². The van der Waals surface area contributed by atoms with Crippen molar-refractivity contribution in [3.05, 3.63) is 64.2 Å². The summed E-state index contributed by atoms with van der Waals surface area (Å²) in [6, 6.07) is 10.2. The zero-order valence-corrected chi connectivity index (χ0v) is 13.1. The van der Waals surface area contributed by atoms with Gasteiger partial charge in [-0.15, -0.1) is 0 Å². The van der Waals surface area contributed by atoms with Crippen molar-refractivity contribution >= 4 is 5.69 Å². The van der Waals surface area contributed by atoms with Crippen molar-refractivity contribution in [1.29, 1.82) is 0 Å². The second kappa shape index (κ2) is 7.05. The first-order valence-electron chi connectivity index (χ1n) is 7.48. The van der Waals surface area contributed by atoms with Crippen LogP contribution in [0, 0.1) is 10.1 Å². The number of nitro groups is 1. The SMILES string of the molecule is CCN(Cc1nc(-c2ccco2)no1)Cc1ccccc1[N+](=O)[O-]. The molecule has 124 valence electrons. The Morgan fingerprint density at radius 1 is 1.21 bits per heavy atom. The van der Waals surface area contributed by atoms with Gasteiger partial charge in [0, 0.05) is 18.2 Å². The molecular weight excluding hydrogens is 312 g/mol. The molecule has 0 saturated carbocycles. The van der Waals surface area contributed by atoms with Gasteiger partial charge in [-0.1, -0.05) is 30.3 Å². The number of rotatable bonds is 7. The van der Waals surface area contributed by atoms with Crippen LogP contribution in [0.3, 0.4) is 0 Å². The summed E-state index contributed by atoms with van der Waals surface area (Å²) in [6.45, 7) is 3.48. The molecule has 8 nitrogen and oxygen atoms in total. The first-order chi connectivity index (χ1) is 11.7. The van der Waals surface area contributed by atoms with Gasteiger partial charge in [0.05, 0.1) is 17.7 Å². The van der Waals surface area contributed by atoms with Crippen molar-refractivity contribution in [1.82, 2.24) is 15.0 Å². The van der Waals surface area contributed by atoms with Gasteiger partial charge < -0.3 is 8.94 Å². The third-order valence-corrected chi connectivity index (χ3v) is 3.60. The Labute approximate surface area is 137 Å². The van der Waals surface area contributed by atoms with E-state index in [4.69, 9.17) is 8.94 Å². The fourth-order valence-corrected chi connectivity index (χ4v) is 2.36. The maximum absolute atomic E-state index is 11.1. The maximum atomic E-state index is 11.1. The number of benzene rings is 1. The lowest BCUT2D eigenvalue weighted by Crippen LogP contribution is -2.23. The highest BCUT2D eigenvalue weighted by molar-refractivity contribution is 5.44. The smallest absolute Gasteiger partial charge is 0.273 e. The van der Waals surface area contributed by atoms with E-state index in [2.05, 4.69) is 10.1 Å². The molecule has 24 heavy (non-hydrogen) atoms. The topological polar surface area (TPSA) is 98.4 Å². The standard InChI is InChI=1S/C16H16N4O4/c1-2-19(10-12-6-3-4-7-13(12)20(21)22)11-15-17-16(18-24-15)14-8-5-9-23-14/h3-9H,2,10-11H2,1H3. The van der Waals surface area contributed by atoms with Gasteiger partial charge in [0.15, 0.2) is 5.76 Å². The van der Waals surface area contributed by atoms with E-state index in [9.17, 15) is 10.1 Å². The molecule has 0 amide bonds. The number of aromatic nitrogens is 2. The normalized spacial score (nSPS) is 11.1. The molecule has 1 aromatic carbocycles. The molecule has 0 fully saturated rings. The second-order valence-electron chi connectivity index (χ2n) is 5.18. The van der Waals surface area contributed by atoms with Gasteiger partial charge in [0.1, 0.15) is 0 Å². The summed E-state index contributed by atoms with van der Waals surface area (Å²) >= 11 is 0. The lowest BCUT2D eigenvalue weighted by atomic mass is 10.1. The van der Waals surface area contributed by atoms with E-state index < -0.39 is 0 Å². The minimum atomic E-state index is -0.370. The molecule has 0 bridgehead atoms. The van der Waals surface area contributed by atoms with Crippen LogP contribution in [0.25, 0.3) is 11.6 Å². The van der Waals surface area contributed by atoms with Crippen molar-refractivity contribution in [3.8, 4) is 11.6 Å². The molecule has 0 atom stereocenters. The second-order valence-corrected chi connectivity index (χ2v) is 5.18. The largest absolute Gasteiger partial charge is 0.461 e. The average molecular weight is 328 g/mol. The molecule has 0 spiro atoms. The first kappa shape index (κ1) is 15.9. The Hall–Kier alpha value is -3.00. The summed E-state index contributed by atoms with van der Waals surface area (Å²) in [6.07, 6.45) is 1.54. The van der Waals surface area contributed by atoms with Gasteiger partial charge in [-0.25, -0.2) is 0 Å². The number of nitrogens with zero attached hydrogens (tertiary/aromatic N) is 4. The Bertz CT molecular complexity index is 813. The van der Waals surface area contributed by atoms with Gasteiger partial charge >= 0.3 is 0 Å². The summed E-state index contributed by atoms with van der Waals surface area (Å²) in [5, 5.41) is 15.0. The fourth-order valence-electron chi connectivity index (χ4n) is 2.36. The quantitative estimate of drug-likeness (QED) is 0.485. The van der Waals surface area contributed by atoms with Crippen LogP contribution in [0.4, 0.5) is 5.69 Å². The van der Waals surface area contributed by atoms with E-state index in [0.29, 0.717) is 42.7 Å². The van der Waals surface area contributed by atoms with E-state index in [1.54, 1.807) is 30.3 Å². The van der Waals surface area contributed by atoms with Crippen LogP contribution >= 0.6 is 0 Å². The molecule has 3 rings (SSSR count). The van der Waals surface area contributed by atoms with E-state index in [-0.39, 0.29) is 10.6 Å². The maximum Gasteiger partial charge on any atom is 0.273 e. The Morgan fingerprint density at radius 3 is 2.75 bits per heavy atom. The number of nitro benzene ring substituents is 1. The fraction of sp³-hybridized carbons (Fsp3) is 0.250. The lowest BCUT2D eigenvalue weighted by molar-refractivity contribution is -0.385. The Morgan fingerprint density at radius 2 is 2.04 bits per heavy atom. The molecule has 2 heterocycles. The zero-order valence-electron chi connectivity index (χ0n) is 13.1. The molecule has 3 aromatic rings. The molecule has 0 aliphatic heterocycles. The van der Waals surface area contributed by atoms with Crippen LogP contribution in [0.1, 0.15) is 18.4 Å². The predicted molar refractivity (Wildman–Crippen MR) is 84.9 cm³/mol. The minimum absolute atomic E-state index is 0.109. The Kier molecular flexibility index (Phi) is 4.66. The highest BCUT2D eigenvalue weighted by atomic mass is 16.6. The molecule has 0 aliphatic carbocycles. The molecule has 8 heteroatoms. The molecule has 0 radical (unpaired) electrons. The molecule has 0 saturated heterocycles. The van der Waals surface area contributed by atoms with Crippen molar-refractivity contribution < 1.29 is 13.9 Å². The summed E-state index contributed by atoms with van der Waals surface area (Å²) in [5.41, 5.74) is 0.757. The third-order valence-electron chi connectivity index (χ3n) is 3.60. The van der Waals surface area contributed by atoms with Gasteiger partial charge in [0.25, 0.3) is 5.69 Å². The molecule has 0 N–H and O–H groups in total. The highest BCUT2D eigenvalue weighted by Gasteiger charge is 2.18. The van der Waals surface area contributed by atoms with Crippen molar-refractivity contribution in [2.24, 2.45) is 0 Å². The predicted octanol–water partition coefficient (Wildman–Crippen LogP) is 3.26. The van der Waals surface area contributed by atoms with Gasteiger partial charge in [-0.3, -0.25) is 15.0 Å². The van der Waals surface area contributed by atoms with Crippen LogP contribution in [0.15, 0.2) is 51.6 Å². The van der Waals surface area contributed by atoms with Crippen molar-refractivity contribution in [2.45, 2.75) is 20.0 Å². The number of hydrogen-bond acceptors (Lipinski definition) is 7. The van der Waals surface area contributed by atoms with E-state index in [0.717, 1.165) is 0 Å². The van der Waals surface area contributed by atoms with Crippen LogP contribution in [-0.2, 0) is 13.1 Å². The van der Waals surface area contributed by atoms with Crippen LogP contribution in [0.2, 0.25) is 0 Å². The first-order valence-corrected chi connectivity index (χ1v) is 7.48. The summed E-state index contributed by atoms with van der Waals surface area (Å²) in [4.78, 5) is 17.0. The molecule has 2 aromatic heterocycles. The minimum Gasteiger partial charge on any atom is -0.461 e. The zero-order chi connectivity index (χ0) is 16.9. The summed E-state index contributed by atoms with van der Waals surface area (Å²) in [7, 11) is 0. The van der Waals surface area contributed by atoms with Gasteiger partial charge in [-0.05, 0) is 18.7 Å². The van der Waals surface area contributed by atoms with Gasteiger partial charge in [0.2, 0.25) is 11.7 Å². The van der Waals surface area contributed by atoms with Crippen LogP contribution < -0.4 is 0 Å². The molecule has 0 unspecified atom stereocenters. The van der Waals surface area contributed by atoms with E-state index in [1.807, 2.05) is 11.8 Å². The van der Waals surface area contributed by atoms with Crippen LogP contribution in [0.5, 0.6) is 0 Å². The van der Waals surface area contributed by atoms with Gasteiger partial charge in [-0.2, -0.15) is 4.98 Å². The van der Waals surface area contributed by atoms with E-state index >= 15 is 0 Å². The summed E-state index contributed by atoms with van der Waals surface area (Å²) < 4.78 is 10.5. The molecular formula is C16H16N4O4. The average Bonchev–Trinajstić information content (AvgIpc) is 3.25. The van der Waals surface area contributed by atoms with Crippen molar-refractivity contribution in [2.75, 3.05) is 6.54 Å². The number of hydrogen-bond donors (Lipinski definition) is 0.